The van der Waals surface area contributed by atoms with Crippen molar-refractivity contribution in [3.05, 3.63) is 29.8 Å². The summed E-state index contributed by atoms with van der Waals surface area (Å²) in [5, 5.41) is 0.151. The number of rotatable bonds is 4. The highest BCUT2D eigenvalue weighted by atomic mass is 32.2. The molecule has 0 saturated heterocycles. The van der Waals surface area contributed by atoms with Crippen LogP contribution >= 0.6 is 0 Å². The van der Waals surface area contributed by atoms with Gasteiger partial charge in [0.25, 0.3) is 0 Å². The number of hydrogen-bond acceptors (Lipinski definition) is 3. The molecule has 2 atom stereocenters. The molecule has 0 saturated carbocycles. The molecule has 1 aromatic rings. The largest absolute Gasteiger partial charge is 0.496 e. The fraction of sp³-hybridized carbons (Fsp3) is 0.533. The van der Waals surface area contributed by atoms with Crippen LogP contribution in [0.5, 0.6) is 5.75 Å². The average molecular weight is 278 g/mol. The maximum atomic E-state index is 8.23. The van der Waals surface area contributed by atoms with Gasteiger partial charge in [-0.2, -0.15) is 0 Å². The molecule has 0 aromatic heterocycles. The maximum absolute atomic E-state index is 8.23. The van der Waals surface area contributed by atoms with E-state index in [9.17, 15) is 0 Å². The van der Waals surface area contributed by atoms with E-state index >= 15 is 0 Å². The quantitative estimate of drug-likeness (QED) is 0.901. The first-order valence-corrected chi connectivity index (χ1v) is 8.05. The summed E-state index contributed by atoms with van der Waals surface area (Å²) >= 11 is 0. The van der Waals surface area contributed by atoms with Crippen molar-refractivity contribution < 1.29 is 4.74 Å². The molecule has 0 spiro atoms. The molecule has 2 unspecified atom stereocenters. The van der Waals surface area contributed by atoms with Crippen LogP contribution in [-0.2, 0) is 17.1 Å². The lowest BCUT2D eigenvalue weighted by Gasteiger charge is -2.29. The summed E-state index contributed by atoms with van der Waals surface area (Å²) in [6.45, 7) is 4.31. The highest BCUT2D eigenvalue weighted by Gasteiger charge is 2.26. The molecular formula is C15H22N2OS. The number of nitrogens with zero attached hydrogens (tertiary/aromatic N) is 1. The second-order valence-electron chi connectivity index (χ2n) is 5.65. The van der Waals surface area contributed by atoms with Crippen molar-refractivity contribution in [1.29, 1.82) is 4.78 Å². The van der Waals surface area contributed by atoms with E-state index in [1.807, 2.05) is 24.4 Å². The zero-order valence-electron chi connectivity index (χ0n) is 11.8. The minimum atomic E-state index is -0.368. The van der Waals surface area contributed by atoms with Gasteiger partial charge in [-0.3, -0.25) is 9.77 Å². The van der Waals surface area contributed by atoms with Gasteiger partial charge < -0.3 is 4.74 Å². The molecule has 0 bridgehead atoms. The number of methoxy groups -OCH3 is 1. The van der Waals surface area contributed by atoms with Crippen LogP contribution in [0, 0.1) is 10.2 Å². The van der Waals surface area contributed by atoms with Crippen LogP contribution in [0.15, 0.2) is 29.3 Å². The predicted molar refractivity (Wildman–Crippen MR) is 82.3 cm³/mol. The Bertz CT molecular complexity index is 497. The summed E-state index contributed by atoms with van der Waals surface area (Å²) in [5.74, 6) is 1.86. The van der Waals surface area contributed by atoms with E-state index < -0.39 is 0 Å². The molecule has 2 rings (SSSR count). The van der Waals surface area contributed by atoms with Crippen LogP contribution in [-0.4, -0.2) is 24.5 Å². The van der Waals surface area contributed by atoms with Gasteiger partial charge in [0.1, 0.15) is 11.1 Å². The molecular weight excluding hydrogens is 256 g/mol. The number of para-hydroxylation sites is 1. The van der Waals surface area contributed by atoms with Gasteiger partial charge in [-0.05, 0) is 24.5 Å². The zero-order chi connectivity index (χ0) is 13.9. The van der Waals surface area contributed by atoms with Crippen LogP contribution in [0.3, 0.4) is 0 Å². The van der Waals surface area contributed by atoms with E-state index in [1.165, 1.54) is 5.56 Å². The number of hydrogen-bond donors (Lipinski definition) is 1. The minimum absolute atomic E-state index is 0.0891. The Labute approximate surface area is 118 Å². The van der Waals surface area contributed by atoms with Gasteiger partial charge in [0, 0.05) is 17.4 Å². The molecule has 0 aliphatic carbocycles. The van der Waals surface area contributed by atoms with Crippen molar-refractivity contribution in [2.75, 3.05) is 12.9 Å². The molecule has 4 heteroatoms. The van der Waals surface area contributed by atoms with Crippen LogP contribution < -0.4 is 4.74 Å². The molecule has 19 heavy (non-hydrogen) atoms. The summed E-state index contributed by atoms with van der Waals surface area (Å²) in [6, 6.07) is 8.10. The van der Waals surface area contributed by atoms with Crippen molar-refractivity contribution in [2.24, 2.45) is 10.4 Å². The first kappa shape index (κ1) is 14.3. The van der Waals surface area contributed by atoms with Crippen LogP contribution in [0.2, 0.25) is 0 Å². The fourth-order valence-electron chi connectivity index (χ4n) is 2.30. The van der Waals surface area contributed by atoms with Crippen LogP contribution in [0.4, 0.5) is 0 Å². The van der Waals surface area contributed by atoms with E-state index in [4.69, 9.17) is 9.52 Å². The van der Waals surface area contributed by atoms with Crippen molar-refractivity contribution in [2.45, 2.75) is 32.1 Å². The van der Waals surface area contributed by atoms with Gasteiger partial charge in [-0.1, -0.05) is 42.7 Å². The topological polar surface area (TPSA) is 45.4 Å². The third-order valence-corrected chi connectivity index (χ3v) is 5.37. The number of aliphatic imine (C=N–C) groups is 1. The third-order valence-electron chi connectivity index (χ3n) is 3.30. The SMILES string of the molecule is COc1ccccc1CCC1N=CC(C)(C)CS1=N. The second-order valence-corrected chi connectivity index (χ2v) is 7.34. The lowest BCUT2D eigenvalue weighted by molar-refractivity contribution is 0.409. The molecule has 104 valence electrons. The van der Waals surface area contributed by atoms with Gasteiger partial charge in [-0.15, -0.1) is 0 Å². The van der Waals surface area contributed by atoms with E-state index in [-0.39, 0.29) is 21.5 Å². The summed E-state index contributed by atoms with van der Waals surface area (Å²) < 4.78 is 13.6. The Balaban J connectivity index is 2.01. The van der Waals surface area contributed by atoms with Crippen molar-refractivity contribution >= 4 is 16.9 Å². The summed E-state index contributed by atoms with van der Waals surface area (Å²) in [6.07, 6.45) is 3.90. The molecule has 1 aromatic carbocycles. The van der Waals surface area contributed by atoms with Gasteiger partial charge in [0.2, 0.25) is 0 Å². The second kappa shape index (κ2) is 5.87. The Morgan fingerprint density at radius 3 is 2.84 bits per heavy atom. The van der Waals surface area contributed by atoms with Crippen molar-refractivity contribution in [3.63, 3.8) is 0 Å². The fourth-order valence-corrected chi connectivity index (χ4v) is 3.98. The zero-order valence-corrected chi connectivity index (χ0v) is 12.7. The minimum Gasteiger partial charge on any atom is -0.496 e. The van der Waals surface area contributed by atoms with E-state index in [0.29, 0.717) is 0 Å². The molecule has 0 fully saturated rings. The molecule has 1 aliphatic heterocycles. The van der Waals surface area contributed by atoms with E-state index in [1.54, 1.807) is 7.11 Å². The summed E-state index contributed by atoms with van der Waals surface area (Å²) in [7, 11) is 1.34. The molecule has 1 N–H and O–H groups in total. The first-order valence-electron chi connectivity index (χ1n) is 6.59. The predicted octanol–water partition coefficient (Wildman–Crippen LogP) is 3.45. The highest BCUT2D eigenvalue weighted by molar-refractivity contribution is 7.86. The van der Waals surface area contributed by atoms with E-state index in [2.05, 4.69) is 24.9 Å². The lowest BCUT2D eigenvalue weighted by Crippen LogP contribution is -2.32. The number of ether oxygens (including phenoxy) is 1. The lowest BCUT2D eigenvalue weighted by atomic mass is 9.98. The summed E-state index contributed by atoms with van der Waals surface area (Å²) in [5.41, 5.74) is 1.30. The Kier molecular flexibility index (Phi) is 4.40. The molecule has 0 amide bonds. The highest BCUT2D eigenvalue weighted by Crippen LogP contribution is 2.26. The molecule has 1 aliphatic rings. The number of nitrogens with one attached hydrogen (secondary N) is 1. The molecule has 1 heterocycles. The Morgan fingerprint density at radius 1 is 1.42 bits per heavy atom. The maximum Gasteiger partial charge on any atom is 0.122 e. The van der Waals surface area contributed by atoms with Crippen LogP contribution in [0.1, 0.15) is 25.8 Å². The van der Waals surface area contributed by atoms with Gasteiger partial charge in [-0.25, -0.2) is 0 Å². The van der Waals surface area contributed by atoms with Gasteiger partial charge in [0.05, 0.1) is 7.11 Å². The van der Waals surface area contributed by atoms with Gasteiger partial charge >= 0.3 is 0 Å². The van der Waals surface area contributed by atoms with Crippen molar-refractivity contribution in [3.8, 4) is 5.75 Å². The normalized spacial score (nSPS) is 25.2. The van der Waals surface area contributed by atoms with E-state index in [0.717, 1.165) is 24.3 Å². The average Bonchev–Trinajstić information content (AvgIpc) is 2.37. The van der Waals surface area contributed by atoms with Crippen LogP contribution in [0.25, 0.3) is 0 Å². The van der Waals surface area contributed by atoms with Gasteiger partial charge in [0.15, 0.2) is 0 Å². The smallest absolute Gasteiger partial charge is 0.122 e. The molecule has 3 nitrogen and oxygen atoms in total. The Morgan fingerprint density at radius 2 is 2.16 bits per heavy atom. The first-order chi connectivity index (χ1) is 9.02. The number of aryl methyl sites for hydroxylation is 1. The number of benzene rings is 1. The summed E-state index contributed by atoms with van der Waals surface area (Å²) in [4.78, 5) is 4.59. The Hall–Kier alpha value is -1.16. The monoisotopic (exact) mass is 278 g/mol. The molecule has 0 radical (unpaired) electrons. The third kappa shape index (κ3) is 3.66. The standard InChI is InChI=1S/C15H22N2OS/c1-15(2)10-17-14(19(16)11-15)9-8-12-6-4-5-7-13(12)18-3/h4-7,10,14,16H,8-9,11H2,1-3H3. The van der Waals surface area contributed by atoms with Crippen molar-refractivity contribution in [1.82, 2.24) is 0 Å².